The molecule has 0 saturated carbocycles. The van der Waals surface area contributed by atoms with Crippen LogP contribution in [0.3, 0.4) is 0 Å². The van der Waals surface area contributed by atoms with Gasteiger partial charge in [-0.2, -0.15) is 0 Å². The molecule has 0 bridgehead atoms. The fourth-order valence-electron chi connectivity index (χ4n) is 1.97. The largest absolute Gasteiger partial charge is 0.377 e. The van der Waals surface area contributed by atoms with E-state index in [0.29, 0.717) is 6.54 Å². The molecule has 132 valence electrons. The van der Waals surface area contributed by atoms with E-state index in [4.69, 9.17) is 4.74 Å². The average Bonchev–Trinajstić information content (AvgIpc) is 2.47. The highest BCUT2D eigenvalue weighted by molar-refractivity contribution is 5.79. The first-order valence-electron chi connectivity index (χ1n) is 8.63. The molecular weight excluding hydrogens is 276 g/mol. The van der Waals surface area contributed by atoms with Crippen LogP contribution in [0.15, 0.2) is 4.99 Å². The minimum atomic E-state index is -0.214. The average molecular weight is 315 g/mol. The smallest absolute Gasteiger partial charge is 0.191 e. The monoisotopic (exact) mass is 314 g/mol. The van der Waals surface area contributed by atoms with Gasteiger partial charge in [-0.25, -0.2) is 0 Å². The summed E-state index contributed by atoms with van der Waals surface area (Å²) in [6.45, 7) is 9.90. The van der Waals surface area contributed by atoms with Crippen molar-refractivity contribution in [1.82, 2.24) is 15.5 Å². The number of rotatable bonds is 12. The summed E-state index contributed by atoms with van der Waals surface area (Å²) in [4.78, 5) is 6.84. The summed E-state index contributed by atoms with van der Waals surface area (Å²) >= 11 is 0. The molecule has 0 radical (unpaired) electrons. The first kappa shape index (κ1) is 21.2. The second-order valence-corrected chi connectivity index (χ2v) is 6.66. The number of aliphatic imine (C=N–C) groups is 1. The van der Waals surface area contributed by atoms with Crippen LogP contribution in [0.4, 0.5) is 0 Å². The lowest BCUT2D eigenvalue weighted by Crippen LogP contribution is -2.39. The van der Waals surface area contributed by atoms with Crippen molar-refractivity contribution in [2.75, 3.05) is 47.4 Å². The third kappa shape index (κ3) is 12.9. The Balaban J connectivity index is 3.80. The number of unbranched alkanes of at least 4 members (excludes halogenated alkanes) is 4. The Kier molecular flexibility index (Phi) is 12.2. The van der Waals surface area contributed by atoms with Crippen LogP contribution in [-0.4, -0.2) is 63.8 Å². The van der Waals surface area contributed by atoms with Gasteiger partial charge in [0.1, 0.15) is 0 Å². The molecule has 0 amide bonds. The summed E-state index contributed by atoms with van der Waals surface area (Å²) in [6, 6.07) is 0. The van der Waals surface area contributed by atoms with E-state index in [-0.39, 0.29) is 5.60 Å². The normalized spacial score (nSPS) is 12.8. The van der Waals surface area contributed by atoms with Gasteiger partial charge in [-0.1, -0.05) is 19.3 Å². The van der Waals surface area contributed by atoms with Crippen molar-refractivity contribution in [3.8, 4) is 0 Å². The highest BCUT2D eigenvalue weighted by Crippen LogP contribution is 2.07. The summed E-state index contributed by atoms with van der Waals surface area (Å²) in [6.07, 6.45) is 6.42. The van der Waals surface area contributed by atoms with Crippen molar-refractivity contribution in [3.05, 3.63) is 0 Å². The molecule has 5 heteroatoms. The number of methoxy groups -OCH3 is 1. The van der Waals surface area contributed by atoms with Crippen molar-refractivity contribution in [1.29, 1.82) is 0 Å². The number of nitrogens with zero attached hydrogens (tertiary/aromatic N) is 2. The Labute approximate surface area is 137 Å². The maximum atomic E-state index is 5.40. The van der Waals surface area contributed by atoms with Crippen molar-refractivity contribution < 1.29 is 4.74 Å². The van der Waals surface area contributed by atoms with Gasteiger partial charge >= 0.3 is 0 Å². The molecule has 0 aromatic heterocycles. The summed E-state index contributed by atoms with van der Waals surface area (Å²) in [7, 11) is 6.00. The summed E-state index contributed by atoms with van der Waals surface area (Å²) in [5.74, 6) is 0.889. The molecule has 0 heterocycles. The van der Waals surface area contributed by atoms with E-state index in [0.717, 1.165) is 19.0 Å². The Bertz CT molecular complexity index is 290. The first-order valence-corrected chi connectivity index (χ1v) is 8.63. The second kappa shape index (κ2) is 12.7. The van der Waals surface area contributed by atoms with Gasteiger partial charge in [-0.3, -0.25) is 4.99 Å². The van der Waals surface area contributed by atoms with E-state index >= 15 is 0 Å². The van der Waals surface area contributed by atoms with Gasteiger partial charge in [-0.15, -0.1) is 0 Å². The maximum absolute atomic E-state index is 5.40. The molecule has 0 spiro atoms. The SMILES string of the molecule is CCNC(=NCC(C)(C)OC)NCCCCCCCN(C)C. The highest BCUT2D eigenvalue weighted by atomic mass is 16.5. The van der Waals surface area contributed by atoms with E-state index in [1.165, 1.54) is 38.6 Å². The first-order chi connectivity index (χ1) is 10.4. The van der Waals surface area contributed by atoms with Gasteiger partial charge in [0, 0.05) is 20.2 Å². The third-order valence-corrected chi connectivity index (χ3v) is 3.59. The third-order valence-electron chi connectivity index (χ3n) is 3.59. The predicted molar refractivity (Wildman–Crippen MR) is 96.7 cm³/mol. The van der Waals surface area contributed by atoms with E-state index in [1.807, 2.05) is 13.8 Å². The van der Waals surface area contributed by atoms with Crippen LogP contribution in [0, 0.1) is 0 Å². The number of nitrogens with one attached hydrogen (secondary N) is 2. The lowest BCUT2D eigenvalue weighted by Gasteiger charge is -2.21. The quantitative estimate of drug-likeness (QED) is 0.330. The minimum Gasteiger partial charge on any atom is -0.377 e. The molecule has 0 aliphatic carbocycles. The van der Waals surface area contributed by atoms with Crippen LogP contribution >= 0.6 is 0 Å². The topological polar surface area (TPSA) is 48.9 Å². The summed E-state index contributed by atoms with van der Waals surface area (Å²) in [5.41, 5.74) is -0.214. The molecule has 0 fully saturated rings. The Hall–Kier alpha value is -0.810. The Morgan fingerprint density at radius 3 is 2.27 bits per heavy atom. The van der Waals surface area contributed by atoms with E-state index in [1.54, 1.807) is 7.11 Å². The van der Waals surface area contributed by atoms with Crippen LogP contribution in [0.25, 0.3) is 0 Å². The Morgan fingerprint density at radius 1 is 1.05 bits per heavy atom. The zero-order chi connectivity index (χ0) is 16.8. The van der Waals surface area contributed by atoms with Gasteiger partial charge in [-0.05, 0) is 54.3 Å². The van der Waals surface area contributed by atoms with Crippen molar-refractivity contribution >= 4 is 5.96 Å². The number of guanidine groups is 1. The fraction of sp³-hybridized carbons (Fsp3) is 0.941. The summed E-state index contributed by atoms with van der Waals surface area (Å²) < 4.78 is 5.40. The molecule has 5 nitrogen and oxygen atoms in total. The van der Waals surface area contributed by atoms with Crippen LogP contribution in [0.5, 0.6) is 0 Å². The maximum Gasteiger partial charge on any atom is 0.191 e. The molecule has 0 atom stereocenters. The lowest BCUT2D eigenvalue weighted by atomic mass is 10.1. The van der Waals surface area contributed by atoms with Crippen molar-refractivity contribution in [3.63, 3.8) is 0 Å². The number of hydrogen-bond donors (Lipinski definition) is 2. The molecule has 0 aromatic rings. The van der Waals surface area contributed by atoms with Gasteiger partial charge in [0.15, 0.2) is 5.96 Å². The number of ether oxygens (including phenoxy) is 1. The molecular formula is C17H38N4O. The molecule has 0 aliphatic heterocycles. The Morgan fingerprint density at radius 2 is 1.68 bits per heavy atom. The van der Waals surface area contributed by atoms with Crippen molar-refractivity contribution in [2.24, 2.45) is 4.99 Å². The molecule has 0 aliphatic rings. The van der Waals surface area contributed by atoms with Crippen LogP contribution in [0.1, 0.15) is 52.9 Å². The predicted octanol–water partition coefficient (Wildman–Crippen LogP) is 2.48. The number of hydrogen-bond acceptors (Lipinski definition) is 3. The van der Waals surface area contributed by atoms with Crippen molar-refractivity contribution in [2.45, 2.75) is 58.5 Å². The molecule has 0 saturated heterocycles. The van der Waals surface area contributed by atoms with Crippen LogP contribution in [0.2, 0.25) is 0 Å². The molecule has 0 unspecified atom stereocenters. The zero-order valence-corrected chi connectivity index (χ0v) is 15.7. The van der Waals surface area contributed by atoms with Crippen LogP contribution < -0.4 is 10.6 Å². The second-order valence-electron chi connectivity index (χ2n) is 6.66. The van der Waals surface area contributed by atoms with E-state index in [2.05, 4.69) is 41.5 Å². The van der Waals surface area contributed by atoms with Gasteiger partial charge in [0.05, 0.1) is 12.1 Å². The standard InChI is InChI=1S/C17H38N4O/c1-7-18-16(20-15-17(2,3)22-6)19-13-11-9-8-10-12-14-21(4)5/h7-15H2,1-6H3,(H2,18,19,20). The van der Waals surface area contributed by atoms with Gasteiger partial charge < -0.3 is 20.3 Å². The van der Waals surface area contributed by atoms with E-state index < -0.39 is 0 Å². The zero-order valence-electron chi connectivity index (χ0n) is 15.7. The molecule has 22 heavy (non-hydrogen) atoms. The molecule has 2 N–H and O–H groups in total. The van der Waals surface area contributed by atoms with E-state index in [9.17, 15) is 0 Å². The highest BCUT2D eigenvalue weighted by Gasteiger charge is 2.15. The lowest BCUT2D eigenvalue weighted by molar-refractivity contribution is 0.0310. The summed E-state index contributed by atoms with van der Waals surface area (Å²) in [5, 5.41) is 6.68. The van der Waals surface area contributed by atoms with Gasteiger partial charge in [0.25, 0.3) is 0 Å². The van der Waals surface area contributed by atoms with Gasteiger partial charge in [0.2, 0.25) is 0 Å². The molecule has 0 rings (SSSR count). The fourth-order valence-corrected chi connectivity index (χ4v) is 1.97. The minimum absolute atomic E-state index is 0.214. The molecule has 0 aromatic carbocycles. The van der Waals surface area contributed by atoms with Crippen LogP contribution in [-0.2, 0) is 4.74 Å².